The quantitative estimate of drug-likeness (QED) is 0.270. The summed E-state index contributed by atoms with van der Waals surface area (Å²) in [6.07, 6.45) is -0.860. The molecule has 3 heterocycles. The van der Waals surface area contributed by atoms with Crippen molar-refractivity contribution in [2.24, 2.45) is 23.7 Å². The maximum Gasteiger partial charge on any atom is 0.422 e. The third kappa shape index (κ3) is 4.67. The topological polar surface area (TPSA) is 88.1 Å². The van der Waals surface area contributed by atoms with Crippen molar-refractivity contribution in [1.82, 2.24) is 0 Å². The van der Waals surface area contributed by atoms with Crippen molar-refractivity contribution in [3.05, 3.63) is 24.3 Å². The largest absolute Gasteiger partial charge is 0.460 e. The standard InChI is InChI=1S/C12H18O2.C11H9F3O5/c1-12(2,3)14-11(13)10-7-8-4-5-9(10)6-8;1-3(11(12,13)14)9(15)18-7-5-2-4-6(17-5)8(7)19-10(4)16/h4-5,8-10H,6-7H2,1-3H3;4-8H,1-2H2. The van der Waals surface area contributed by atoms with Gasteiger partial charge in [0.1, 0.15) is 17.3 Å². The number of allylic oxidation sites excluding steroid dienone is 2. The van der Waals surface area contributed by atoms with Crippen LogP contribution in [0.25, 0.3) is 0 Å². The van der Waals surface area contributed by atoms with E-state index in [0.29, 0.717) is 18.3 Å². The number of halogens is 3. The Morgan fingerprint density at radius 1 is 1.09 bits per heavy atom. The third-order valence-corrected chi connectivity index (χ3v) is 6.60. The molecule has 10 heteroatoms. The number of hydrogen-bond donors (Lipinski definition) is 0. The predicted octanol–water partition coefficient (Wildman–Crippen LogP) is 3.27. The van der Waals surface area contributed by atoms with Crippen molar-refractivity contribution in [2.45, 2.75) is 76.2 Å². The fourth-order valence-electron chi connectivity index (χ4n) is 5.12. The Balaban J connectivity index is 0.000000165. The number of alkyl halides is 3. The average molecular weight is 472 g/mol. The second-order valence-electron chi connectivity index (χ2n) is 10.1. The van der Waals surface area contributed by atoms with Crippen molar-refractivity contribution in [3.8, 4) is 0 Å². The van der Waals surface area contributed by atoms with Crippen LogP contribution in [0.5, 0.6) is 0 Å². The van der Waals surface area contributed by atoms with E-state index >= 15 is 0 Å². The molecule has 0 spiro atoms. The fraction of sp³-hybridized carbons (Fsp3) is 0.696. The van der Waals surface area contributed by atoms with E-state index in [-0.39, 0.29) is 17.5 Å². The van der Waals surface area contributed by atoms with Gasteiger partial charge in [-0.05, 0) is 51.9 Å². The van der Waals surface area contributed by atoms with Gasteiger partial charge in [-0.2, -0.15) is 13.2 Å². The van der Waals surface area contributed by atoms with Crippen molar-refractivity contribution in [3.63, 3.8) is 0 Å². The van der Waals surface area contributed by atoms with E-state index in [2.05, 4.69) is 18.7 Å². The fourth-order valence-corrected chi connectivity index (χ4v) is 5.12. The molecule has 0 amide bonds. The lowest BCUT2D eigenvalue weighted by Gasteiger charge is -2.24. The maximum atomic E-state index is 12.3. The number of carbonyl (C=O) groups excluding carboxylic acids is 3. The summed E-state index contributed by atoms with van der Waals surface area (Å²) in [7, 11) is 0. The summed E-state index contributed by atoms with van der Waals surface area (Å²) in [5, 5.41) is 0. The van der Waals surface area contributed by atoms with E-state index in [1.165, 1.54) is 0 Å². The van der Waals surface area contributed by atoms with E-state index in [1.54, 1.807) is 0 Å². The molecule has 3 aliphatic heterocycles. The van der Waals surface area contributed by atoms with Crippen molar-refractivity contribution < 1.29 is 46.5 Å². The Bertz CT molecular complexity index is 887. The number of carbonyl (C=O) groups is 3. The van der Waals surface area contributed by atoms with Gasteiger partial charge in [-0.15, -0.1) is 0 Å². The number of fused-ring (bicyclic) bond motifs is 3. The average Bonchev–Trinajstić information content (AvgIpc) is 3.48. The maximum absolute atomic E-state index is 12.3. The smallest absolute Gasteiger partial charge is 0.422 e. The van der Waals surface area contributed by atoms with Crippen LogP contribution in [-0.4, -0.2) is 54.1 Å². The van der Waals surface area contributed by atoms with E-state index in [1.807, 2.05) is 20.8 Å². The molecule has 3 saturated heterocycles. The van der Waals surface area contributed by atoms with Crippen LogP contribution in [0.3, 0.4) is 0 Å². The normalized spacial score (nSPS) is 37.5. The molecule has 1 saturated carbocycles. The molecule has 5 rings (SSSR count). The summed E-state index contributed by atoms with van der Waals surface area (Å²) >= 11 is 0. The molecule has 4 bridgehead atoms. The Kier molecular flexibility index (Phi) is 5.87. The molecular weight excluding hydrogens is 445 g/mol. The Morgan fingerprint density at radius 2 is 1.79 bits per heavy atom. The van der Waals surface area contributed by atoms with Crippen molar-refractivity contribution in [2.75, 3.05) is 0 Å². The number of hydrogen-bond acceptors (Lipinski definition) is 7. The second kappa shape index (κ2) is 8.14. The van der Waals surface area contributed by atoms with E-state index < -0.39 is 54.0 Å². The Labute approximate surface area is 189 Å². The van der Waals surface area contributed by atoms with Crippen LogP contribution in [0.4, 0.5) is 13.2 Å². The second-order valence-corrected chi connectivity index (χ2v) is 10.1. The Hall–Kier alpha value is -2.36. The van der Waals surface area contributed by atoms with Gasteiger partial charge in [0, 0.05) is 0 Å². The van der Waals surface area contributed by atoms with E-state index in [9.17, 15) is 27.6 Å². The molecule has 8 atom stereocenters. The minimum absolute atomic E-state index is 0.00523. The van der Waals surface area contributed by atoms with Crippen LogP contribution in [-0.2, 0) is 33.3 Å². The summed E-state index contributed by atoms with van der Waals surface area (Å²) < 4.78 is 57.4. The zero-order valence-corrected chi connectivity index (χ0v) is 18.6. The van der Waals surface area contributed by atoms with Gasteiger partial charge in [0.2, 0.25) is 0 Å². The minimum Gasteiger partial charge on any atom is -0.460 e. The van der Waals surface area contributed by atoms with Gasteiger partial charge >= 0.3 is 24.1 Å². The first kappa shape index (κ1) is 23.8. The van der Waals surface area contributed by atoms with Crippen LogP contribution >= 0.6 is 0 Å². The molecule has 8 unspecified atom stereocenters. The zero-order valence-electron chi connectivity index (χ0n) is 18.6. The summed E-state index contributed by atoms with van der Waals surface area (Å²) in [5.41, 5.74) is -1.93. The summed E-state index contributed by atoms with van der Waals surface area (Å²) in [6.45, 7) is 8.43. The van der Waals surface area contributed by atoms with Gasteiger partial charge in [0.25, 0.3) is 0 Å². The van der Waals surface area contributed by atoms with Crippen LogP contribution in [0, 0.1) is 23.7 Å². The zero-order chi connectivity index (χ0) is 24.3. The third-order valence-electron chi connectivity index (χ3n) is 6.60. The van der Waals surface area contributed by atoms with Gasteiger partial charge in [0.05, 0.1) is 17.9 Å². The molecule has 0 N–H and O–H groups in total. The van der Waals surface area contributed by atoms with Gasteiger partial charge in [-0.3, -0.25) is 9.59 Å². The molecule has 4 fully saturated rings. The van der Waals surface area contributed by atoms with Crippen LogP contribution in [0.2, 0.25) is 0 Å². The summed E-state index contributed by atoms with van der Waals surface area (Å²) in [6, 6.07) is 0. The van der Waals surface area contributed by atoms with Gasteiger partial charge in [-0.1, -0.05) is 18.7 Å². The van der Waals surface area contributed by atoms with E-state index in [0.717, 1.165) is 12.8 Å². The molecule has 0 aromatic carbocycles. The van der Waals surface area contributed by atoms with Crippen molar-refractivity contribution in [1.29, 1.82) is 0 Å². The first-order chi connectivity index (χ1) is 15.2. The first-order valence-electron chi connectivity index (χ1n) is 11.0. The van der Waals surface area contributed by atoms with Gasteiger partial charge in [0.15, 0.2) is 12.2 Å². The van der Waals surface area contributed by atoms with E-state index in [4.69, 9.17) is 18.9 Å². The molecule has 0 aromatic rings. The van der Waals surface area contributed by atoms with Crippen LogP contribution < -0.4 is 0 Å². The molecule has 33 heavy (non-hydrogen) atoms. The number of esters is 3. The predicted molar refractivity (Wildman–Crippen MR) is 106 cm³/mol. The molecule has 182 valence electrons. The monoisotopic (exact) mass is 472 g/mol. The minimum atomic E-state index is -4.84. The van der Waals surface area contributed by atoms with Gasteiger partial charge in [-0.25, -0.2) is 4.79 Å². The highest BCUT2D eigenvalue weighted by atomic mass is 19.4. The number of rotatable bonds is 3. The van der Waals surface area contributed by atoms with Crippen LogP contribution in [0.1, 0.15) is 40.0 Å². The highest BCUT2D eigenvalue weighted by molar-refractivity contribution is 5.89. The lowest BCUT2D eigenvalue weighted by Crippen LogP contribution is -2.41. The molecule has 5 aliphatic rings. The number of ether oxygens (including phenoxy) is 4. The molecular formula is C23H27F3O7. The SMILES string of the molecule is C=C(C(=O)OC1C2CC3C(=O)OC1C3O2)C(F)(F)F.CC(C)(C)OC(=O)C1CC2C=CC1C2. The molecule has 0 radical (unpaired) electrons. The highest BCUT2D eigenvalue weighted by Crippen LogP contribution is 2.48. The molecule has 2 aliphatic carbocycles. The highest BCUT2D eigenvalue weighted by Gasteiger charge is 2.65. The van der Waals surface area contributed by atoms with Gasteiger partial charge < -0.3 is 18.9 Å². The summed E-state index contributed by atoms with van der Waals surface area (Å²) in [4.78, 5) is 34.5. The molecule has 7 nitrogen and oxygen atoms in total. The summed E-state index contributed by atoms with van der Waals surface area (Å²) in [5.74, 6) is -1.19. The van der Waals surface area contributed by atoms with Crippen LogP contribution in [0.15, 0.2) is 24.3 Å². The molecule has 0 aromatic heterocycles. The Morgan fingerprint density at radius 3 is 2.33 bits per heavy atom. The first-order valence-corrected chi connectivity index (χ1v) is 11.0. The lowest BCUT2D eigenvalue weighted by atomic mass is 9.88. The van der Waals surface area contributed by atoms with Crippen molar-refractivity contribution >= 4 is 17.9 Å². The lowest BCUT2D eigenvalue weighted by molar-refractivity contribution is -0.164.